The van der Waals surface area contributed by atoms with E-state index in [2.05, 4.69) is 15.9 Å². The molecular formula is C16H15BrClNO2. The third-order valence-electron chi connectivity index (χ3n) is 3.54. The second-order valence-electron chi connectivity index (χ2n) is 5.31. The Labute approximate surface area is 137 Å². The lowest BCUT2D eigenvalue weighted by atomic mass is 10.2. The molecular weight excluding hydrogens is 354 g/mol. The molecule has 0 spiro atoms. The Bertz CT molecular complexity index is 679. The van der Waals surface area contributed by atoms with E-state index in [-0.39, 0.29) is 5.91 Å². The van der Waals surface area contributed by atoms with Crippen molar-refractivity contribution in [3.63, 3.8) is 0 Å². The van der Waals surface area contributed by atoms with Crippen molar-refractivity contribution in [3.8, 4) is 0 Å². The maximum absolute atomic E-state index is 12.7. The molecule has 2 aromatic rings. The fourth-order valence-electron chi connectivity index (χ4n) is 2.29. The van der Waals surface area contributed by atoms with E-state index in [1.54, 1.807) is 18.2 Å². The molecule has 0 unspecified atom stereocenters. The summed E-state index contributed by atoms with van der Waals surface area (Å²) in [6, 6.07) is 9.45. The summed E-state index contributed by atoms with van der Waals surface area (Å²) in [7, 11) is 0. The minimum Gasteiger partial charge on any atom is -0.464 e. The van der Waals surface area contributed by atoms with Gasteiger partial charge in [0.2, 0.25) is 0 Å². The van der Waals surface area contributed by atoms with Crippen molar-refractivity contribution in [2.24, 2.45) is 0 Å². The van der Waals surface area contributed by atoms with Gasteiger partial charge in [0, 0.05) is 16.1 Å². The van der Waals surface area contributed by atoms with Crippen LogP contribution in [-0.2, 0) is 6.54 Å². The van der Waals surface area contributed by atoms with Crippen LogP contribution >= 0.6 is 27.5 Å². The molecule has 1 amide bonds. The first-order chi connectivity index (χ1) is 10.0. The Hall–Kier alpha value is -1.26. The third-order valence-corrected chi connectivity index (χ3v) is 4.77. The van der Waals surface area contributed by atoms with Crippen LogP contribution in [0.1, 0.15) is 34.7 Å². The van der Waals surface area contributed by atoms with Crippen LogP contribution < -0.4 is 0 Å². The van der Waals surface area contributed by atoms with E-state index >= 15 is 0 Å². The summed E-state index contributed by atoms with van der Waals surface area (Å²) in [5, 5.41) is 0.547. The predicted molar refractivity (Wildman–Crippen MR) is 85.5 cm³/mol. The fraction of sp³-hybridized carbons (Fsp3) is 0.312. The van der Waals surface area contributed by atoms with E-state index in [4.69, 9.17) is 16.0 Å². The number of carbonyl (C=O) groups is 1. The molecule has 21 heavy (non-hydrogen) atoms. The van der Waals surface area contributed by atoms with Gasteiger partial charge in [0.25, 0.3) is 5.91 Å². The second kappa shape index (κ2) is 5.85. The number of hydrogen-bond acceptors (Lipinski definition) is 2. The number of rotatable bonds is 4. The topological polar surface area (TPSA) is 33.5 Å². The van der Waals surface area contributed by atoms with Crippen molar-refractivity contribution >= 4 is 33.4 Å². The molecule has 1 saturated carbocycles. The minimum absolute atomic E-state index is 0.000882. The first-order valence-electron chi connectivity index (χ1n) is 6.86. The summed E-state index contributed by atoms with van der Waals surface area (Å²) in [5.41, 5.74) is 0.610. The van der Waals surface area contributed by atoms with E-state index in [9.17, 15) is 4.79 Å². The monoisotopic (exact) mass is 367 g/mol. The number of halogens is 2. The summed E-state index contributed by atoms with van der Waals surface area (Å²) in [6.45, 7) is 2.41. The molecule has 1 fully saturated rings. The van der Waals surface area contributed by atoms with E-state index < -0.39 is 0 Å². The summed E-state index contributed by atoms with van der Waals surface area (Å²) in [6.07, 6.45) is 2.10. The Morgan fingerprint density at radius 2 is 2.14 bits per heavy atom. The first-order valence-corrected chi connectivity index (χ1v) is 8.03. The van der Waals surface area contributed by atoms with Crippen molar-refractivity contribution in [2.75, 3.05) is 0 Å². The van der Waals surface area contributed by atoms with Crippen molar-refractivity contribution in [3.05, 3.63) is 56.9 Å². The molecule has 110 valence electrons. The zero-order valence-electron chi connectivity index (χ0n) is 11.6. The van der Waals surface area contributed by atoms with Crippen LogP contribution in [0.5, 0.6) is 0 Å². The standard InChI is InChI=1S/C16H15BrClNO2/c1-10-2-6-13(21-10)9-19(12-4-5-12)16(20)11-3-7-14(17)15(18)8-11/h2-3,6-8,12H,4-5,9H2,1H3. The van der Waals surface area contributed by atoms with E-state index in [1.165, 1.54) is 0 Å². The lowest BCUT2D eigenvalue weighted by Gasteiger charge is -2.21. The SMILES string of the molecule is Cc1ccc(CN(C(=O)c2ccc(Br)c(Cl)c2)C2CC2)o1. The lowest BCUT2D eigenvalue weighted by Crippen LogP contribution is -2.32. The number of amides is 1. The molecule has 0 saturated heterocycles. The highest BCUT2D eigenvalue weighted by Gasteiger charge is 2.33. The molecule has 0 bridgehead atoms. The van der Waals surface area contributed by atoms with Crippen molar-refractivity contribution in [1.82, 2.24) is 4.90 Å². The normalized spacial score (nSPS) is 14.2. The average molecular weight is 369 g/mol. The Kier molecular flexibility index (Phi) is 4.09. The first kappa shape index (κ1) is 14.7. The van der Waals surface area contributed by atoms with Crippen molar-refractivity contribution < 1.29 is 9.21 Å². The van der Waals surface area contributed by atoms with Gasteiger partial charge in [0.15, 0.2) is 0 Å². The molecule has 1 aliphatic carbocycles. The van der Waals surface area contributed by atoms with Gasteiger partial charge in [-0.2, -0.15) is 0 Å². The smallest absolute Gasteiger partial charge is 0.254 e. The molecule has 3 rings (SSSR count). The number of benzene rings is 1. The number of furan rings is 1. The zero-order chi connectivity index (χ0) is 15.0. The van der Waals surface area contributed by atoms with Gasteiger partial charge in [0.05, 0.1) is 11.6 Å². The van der Waals surface area contributed by atoms with Crippen molar-refractivity contribution in [1.29, 1.82) is 0 Å². The second-order valence-corrected chi connectivity index (χ2v) is 6.57. The highest BCUT2D eigenvalue weighted by atomic mass is 79.9. The molecule has 1 heterocycles. The van der Waals surface area contributed by atoms with E-state index in [1.807, 2.05) is 24.0 Å². The van der Waals surface area contributed by atoms with Crippen LogP contribution in [0.3, 0.4) is 0 Å². The molecule has 0 radical (unpaired) electrons. The Morgan fingerprint density at radius 1 is 1.38 bits per heavy atom. The summed E-state index contributed by atoms with van der Waals surface area (Å²) in [4.78, 5) is 14.6. The number of aryl methyl sites for hydroxylation is 1. The quantitative estimate of drug-likeness (QED) is 0.776. The van der Waals surface area contributed by atoms with Crippen molar-refractivity contribution in [2.45, 2.75) is 32.4 Å². The summed E-state index contributed by atoms with van der Waals surface area (Å²) < 4.78 is 6.39. The van der Waals surface area contributed by atoms with Gasteiger partial charge < -0.3 is 9.32 Å². The van der Waals surface area contributed by atoms with Gasteiger partial charge in [-0.25, -0.2) is 0 Å². The Morgan fingerprint density at radius 3 is 2.71 bits per heavy atom. The van der Waals surface area contributed by atoms with Crippen LogP contribution in [0.2, 0.25) is 5.02 Å². The molecule has 1 aliphatic rings. The van der Waals surface area contributed by atoms with Gasteiger partial charge in [-0.05, 0) is 66.0 Å². The number of carbonyl (C=O) groups excluding carboxylic acids is 1. The van der Waals surface area contributed by atoms with Gasteiger partial charge in [-0.15, -0.1) is 0 Å². The molecule has 0 aliphatic heterocycles. The number of nitrogens with zero attached hydrogens (tertiary/aromatic N) is 1. The molecule has 3 nitrogen and oxygen atoms in total. The maximum Gasteiger partial charge on any atom is 0.254 e. The molecule has 1 aromatic heterocycles. The van der Waals surface area contributed by atoms with Crippen LogP contribution in [-0.4, -0.2) is 16.8 Å². The molecule has 5 heteroatoms. The van der Waals surface area contributed by atoms with Gasteiger partial charge in [-0.1, -0.05) is 11.6 Å². The highest BCUT2D eigenvalue weighted by molar-refractivity contribution is 9.10. The molecule has 0 N–H and O–H groups in total. The minimum atomic E-state index is 0.000882. The van der Waals surface area contributed by atoms with Crippen LogP contribution in [0.15, 0.2) is 39.2 Å². The predicted octanol–water partition coefficient (Wildman–Crippen LogP) is 4.81. The molecule has 1 aromatic carbocycles. The zero-order valence-corrected chi connectivity index (χ0v) is 13.9. The van der Waals surface area contributed by atoms with Gasteiger partial charge in [-0.3, -0.25) is 4.79 Å². The Balaban J connectivity index is 1.83. The average Bonchev–Trinajstić information content (AvgIpc) is 3.21. The highest BCUT2D eigenvalue weighted by Crippen LogP contribution is 2.31. The summed E-state index contributed by atoms with van der Waals surface area (Å²) >= 11 is 9.43. The van der Waals surface area contributed by atoms with Crippen LogP contribution in [0.25, 0.3) is 0 Å². The van der Waals surface area contributed by atoms with Gasteiger partial charge in [0.1, 0.15) is 11.5 Å². The summed E-state index contributed by atoms with van der Waals surface area (Å²) in [5.74, 6) is 1.68. The molecule has 0 atom stereocenters. The van der Waals surface area contributed by atoms with E-state index in [0.717, 1.165) is 28.8 Å². The van der Waals surface area contributed by atoms with Crippen LogP contribution in [0, 0.1) is 6.92 Å². The fourth-order valence-corrected chi connectivity index (χ4v) is 2.71. The maximum atomic E-state index is 12.7. The van der Waals surface area contributed by atoms with E-state index in [0.29, 0.717) is 23.2 Å². The van der Waals surface area contributed by atoms with Gasteiger partial charge >= 0.3 is 0 Å². The third kappa shape index (κ3) is 3.33. The largest absolute Gasteiger partial charge is 0.464 e. The lowest BCUT2D eigenvalue weighted by molar-refractivity contribution is 0.0717. The van der Waals surface area contributed by atoms with Crippen LogP contribution in [0.4, 0.5) is 0 Å². The number of hydrogen-bond donors (Lipinski definition) is 0.